The summed E-state index contributed by atoms with van der Waals surface area (Å²) in [6.45, 7) is 17.0. The zero-order chi connectivity index (χ0) is 24.5. The molecule has 182 valence electrons. The van der Waals surface area contributed by atoms with Crippen molar-refractivity contribution >= 4 is 33.8 Å². The van der Waals surface area contributed by atoms with Crippen LogP contribution in [0.25, 0.3) is 0 Å². The van der Waals surface area contributed by atoms with Gasteiger partial charge in [0.1, 0.15) is 11.2 Å². The highest BCUT2D eigenvalue weighted by molar-refractivity contribution is 7.85. The van der Waals surface area contributed by atoms with Crippen LogP contribution in [0, 0.1) is 0 Å². The Morgan fingerprint density at radius 1 is 0.839 bits per heavy atom. The number of rotatable bonds is 0. The Balaban J connectivity index is 0.000000311. The quantitative estimate of drug-likeness (QED) is 0.507. The van der Waals surface area contributed by atoms with Gasteiger partial charge in [0, 0.05) is 0 Å². The van der Waals surface area contributed by atoms with Crippen molar-refractivity contribution in [1.82, 2.24) is 8.61 Å². The van der Waals surface area contributed by atoms with Crippen LogP contribution in [-0.4, -0.2) is 68.9 Å². The largest absolute Gasteiger partial charge is 0.443 e. The Bertz CT molecular complexity index is 802. The number of nitrogens with zero attached hydrogens (tertiary/aromatic N) is 2. The molecular formula is C18H34N2O9S2. The van der Waals surface area contributed by atoms with E-state index in [9.17, 15) is 22.2 Å². The van der Waals surface area contributed by atoms with Crippen LogP contribution in [0.1, 0.15) is 69.2 Å². The molecule has 2 amide bonds. The predicted molar refractivity (Wildman–Crippen MR) is 113 cm³/mol. The molecule has 2 rings (SSSR count). The summed E-state index contributed by atoms with van der Waals surface area (Å²) in [5.74, 6) is 0. The molecule has 0 N–H and O–H groups in total. The fraction of sp³-hybridized carbons (Fsp3) is 0.889. The van der Waals surface area contributed by atoms with E-state index in [2.05, 4.69) is 0 Å². The van der Waals surface area contributed by atoms with E-state index in [-0.39, 0.29) is 12.1 Å². The molecule has 0 saturated carbocycles. The third-order valence-electron chi connectivity index (χ3n) is 4.15. The molecule has 11 nitrogen and oxygen atoms in total. The van der Waals surface area contributed by atoms with Gasteiger partial charge in [-0.3, -0.25) is 4.18 Å². The van der Waals surface area contributed by atoms with Crippen molar-refractivity contribution in [2.24, 2.45) is 0 Å². The average Bonchev–Trinajstić information content (AvgIpc) is 2.87. The summed E-state index contributed by atoms with van der Waals surface area (Å²) in [6.07, 6.45) is -2.29. The van der Waals surface area contributed by atoms with E-state index in [4.69, 9.17) is 17.8 Å². The summed E-state index contributed by atoms with van der Waals surface area (Å²) in [4.78, 5) is 23.3. The Kier molecular flexibility index (Phi) is 8.54. The van der Waals surface area contributed by atoms with Crippen LogP contribution in [0.4, 0.5) is 9.59 Å². The standard InChI is InChI=1S/C9H17NO5S.C9H17NO4S/c1-6-7(2)15-16(12,13)10(6)8(11)14-9(3,4)5;1-6-7(2)14-15(12)10(6)8(11)13-9(3,4)5/h6-7H,1-5H3;6-7H,1-5H3. The summed E-state index contributed by atoms with van der Waals surface area (Å²) in [5.41, 5.74) is -1.33. The van der Waals surface area contributed by atoms with Gasteiger partial charge >= 0.3 is 22.5 Å². The van der Waals surface area contributed by atoms with Gasteiger partial charge in [-0.25, -0.2) is 18.0 Å². The van der Waals surface area contributed by atoms with Gasteiger partial charge in [-0.1, -0.05) is 0 Å². The summed E-state index contributed by atoms with van der Waals surface area (Å²) in [6, 6.07) is -0.791. The number of ether oxygens (including phenoxy) is 2. The van der Waals surface area contributed by atoms with Crippen LogP contribution in [0.2, 0.25) is 0 Å². The van der Waals surface area contributed by atoms with Crippen molar-refractivity contribution in [1.29, 1.82) is 0 Å². The molecule has 0 aliphatic carbocycles. The van der Waals surface area contributed by atoms with Gasteiger partial charge in [0.15, 0.2) is 0 Å². The minimum atomic E-state index is -4.00. The van der Waals surface area contributed by atoms with Gasteiger partial charge in [-0.15, -0.1) is 0 Å². The monoisotopic (exact) mass is 486 g/mol. The lowest BCUT2D eigenvalue weighted by Gasteiger charge is -2.24. The van der Waals surface area contributed by atoms with Gasteiger partial charge in [0.2, 0.25) is 0 Å². The lowest BCUT2D eigenvalue weighted by atomic mass is 10.2. The molecule has 31 heavy (non-hydrogen) atoms. The van der Waals surface area contributed by atoms with Crippen LogP contribution in [0.5, 0.6) is 0 Å². The molecule has 0 aromatic carbocycles. The lowest BCUT2D eigenvalue weighted by Crippen LogP contribution is -2.42. The van der Waals surface area contributed by atoms with Crippen molar-refractivity contribution in [2.45, 2.75) is 105 Å². The van der Waals surface area contributed by atoms with Gasteiger partial charge in [-0.05, 0) is 69.2 Å². The number of carbonyl (C=O) groups is 2. The fourth-order valence-corrected chi connectivity index (χ4v) is 4.95. The SMILES string of the molecule is CC1OS(=O)(=O)N(C(=O)OC(C)(C)C)C1C.CC1OS(=O)N(C(=O)OC(C)(C)C)C1C. The molecule has 0 aromatic heterocycles. The molecule has 0 aromatic rings. The van der Waals surface area contributed by atoms with Crippen molar-refractivity contribution in [3.05, 3.63) is 0 Å². The molecule has 0 radical (unpaired) electrons. The van der Waals surface area contributed by atoms with Gasteiger partial charge in [0.25, 0.3) is 11.3 Å². The van der Waals surface area contributed by atoms with E-state index in [0.29, 0.717) is 4.31 Å². The average molecular weight is 487 g/mol. The van der Waals surface area contributed by atoms with Crippen LogP contribution in [0.15, 0.2) is 0 Å². The second-order valence-electron chi connectivity index (χ2n) is 9.34. The normalized spacial score (nSPS) is 30.5. The molecule has 2 heterocycles. The summed E-state index contributed by atoms with van der Waals surface area (Å²) in [7, 11) is -4.00. The Morgan fingerprint density at radius 3 is 1.61 bits per heavy atom. The van der Waals surface area contributed by atoms with Gasteiger partial charge in [0.05, 0.1) is 24.3 Å². The highest BCUT2D eigenvalue weighted by atomic mass is 32.2. The van der Waals surface area contributed by atoms with Crippen molar-refractivity contribution in [3.63, 3.8) is 0 Å². The van der Waals surface area contributed by atoms with Crippen LogP contribution < -0.4 is 0 Å². The van der Waals surface area contributed by atoms with E-state index >= 15 is 0 Å². The molecule has 2 aliphatic heterocycles. The van der Waals surface area contributed by atoms with Crippen LogP contribution in [0.3, 0.4) is 0 Å². The third kappa shape index (κ3) is 7.58. The molecule has 5 atom stereocenters. The third-order valence-corrected chi connectivity index (χ3v) is 6.94. The molecule has 2 saturated heterocycles. The first-order valence-electron chi connectivity index (χ1n) is 9.83. The zero-order valence-corrected chi connectivity index (χ0v) is 21.3. The van der Waals surface area contributed by atoms with E-state index in [0.717, 1.165) is 4.31 Å². The first kappa shape index (κ1) is 27.6. The Morgan fingerprint density at radius 2 is 1.29 bits per heavy atom. The number of hydrogen-bond donors (Lipinski definition) is 0. The van der Waals surface area contributed by atoms with Gasteiger partial charge < -0.3 is 9.47 Å². The molecule has 5 unspecified atom stereocenters. The van der Waals surface area contributed by atoms with Crippen LogP contribution in [-0.2, 0) is 39.4 Å². The summed E-state index contributed by atoms with van der Waals surface area (Å²) >= 11 is -1.73. The minimum absolute atomic E-state index is 0.235. The van der Waals surface area contributed by atoms with Crippen molar-refractivity contribution in [2.75, 3.05) is 0 Å². The second kappa shape index (κ2) is 9.59. The summed E-state index contributed by atoms with van der Waals surface area (Å²) in [5, 5.41) is 0. The number of amides is 2. The number of carbonyl (C=O) groups excluding carboxylic acids is 2. The maximum absolute atomic E-state index is 11.7. The predicted octanol–water partition coefficient (Wildman–Crippen LogP) is 2.88. The smallest absolute Gasteiger partial charge is 0.426 e. The lowest BCUT2D eigenvalue weighted by molar-refractivity contribution is 0.0341. The zero-order valence-electron chi connectivity index (χ0n) is 19.7. The maximum Gasteiger partial charge on any atom is 0.426 e. The first-order valence-corrected chi connectivity index (χ1v) is 12.2. The molecule has 2 aliphatic rings. The number of hydrogen-bond acceptors (Lipinski definition) is 9. The Labute approximate surface area is 187 Å². The van der Waals surface area contributed by atoms with E-state index in [1.165, 1.54) is 0 Å². The molecular weight excluding hydrogens is 452 g/mol. The maximum atomic E-state index is 11.7. The Hall–Kier alpha value is -1.44. The topological polar surface area (TPSA) is 129 Å². The first-order chi connectivity index (χ1) is 13.8. The van der Waals surface area contributed by atoms with E-state index in [1.54, 1.807) is 69.2 Å². The molecule has 13 heteroatoms. The molecule has 0 spiro atoms. The van der Waals surface area contributed by atoms with Crippen LogP contribution >= 0.6 is 0 Å². The highest BCUT2D eigenvalue weighted by Gasteiger charge is 2.46. The molecule has 0 bridgehead atoms. The molecule has 2 fully saturated rings. The van der Waals surface area contributed by atoms with Gasteiger partial charge in [-0.2, -0.15) is 17.0 Å². The van der Waals surface area contributed by atoms with E-state index in [1.807, 2.05) is 0 Å². The van der Waals surface area contributed by atoms with E-state index < -0.39 is 57.1 Å². The highest BCUT2D eigenvalue weighted by Crippen LogP contribution is 2.27. The van der Waals surface area contributed by atoms with Crippen molar-refractivity contribution < 1.29 is 40.1 Å². The minimum Gasteiger partial charge on any atom is -0.443 e. The fourth-order valence-electron chi connectivity index (χ4n) is 2.39. The van der Waals surface area contributed by atoms with Crippen molar-refractivity contribution in [3.8, 4) is 0 Å². The summed E-state index contributed by atoms with van der Waals surface area (Å²) < 4.78 is 56.1. The second-order valence-corrected chi connectivity index (χ2v) is 11.8.